The molecule has 0 N–H and O–H groups in total. The van der Waals surface area contributed by atoms with Crippen LogP contribution in [0.1, 0.15) is 46.5 Å². The van der Waals surface area contributed by atoms with E-state index in [0.29, 0.717) is 69.4 Å². The zero-order valence-corrected chi connectivity index (χ0v) is 28.5. The van der Waals surface area contributed by atoms with Gasteiger partial charge in [-0.1, -0.05) is 37.8 Å². The first-order valence-electron chi connectivity index (χ1n) is 16.7. The van der Waals surface area contributed by atoms with E-state index in [1.54, 1.807) is 19.1 Å². The van der Waals surface area contributed by atoms with Crippen LogP contribution in [0.25, 0.3) is 0 Å². The first-order chi connectivity index (χ1) is 24.1. The number of carbonyl (C=O) groups is 1. The number of hydrogen-bond donors (Lipinski definition) is 0. The third-order valence-corrected chi connectivity index (χ3v) is 9.66. The van der Waals surface area contributed by atoms with E-state index < -0.39 is 17.7 Å². The molecule has 0 saturated carbocycles. The number of methoxy groups -OCH3 is 2. The largest absolute Gasteiger partial charge is 0.497 e. The van der Waals surface area contributed by atoms with Crippen molar-refractivity contribution in [2.75, 3.05) is 50.2 Å². The first kappa shape index (κ1) is 34.7. The molecule has 0 spiro atoms. The smallest absolute Gasteiger partial charge is 0.418 e. The molecule has 50 heavy (non-hydrogen) atoms. The Bertz CT molecular complexity index is 1760. The second-order valence-electron chi connectivity index (χ2n) is 12.8. The lowest BCUT2D eigenvalue weighted by Crippen LogP contribution is -2.49. The number of rotatable bonds is 10. The number of aromatic nitrogens is 3. The summed E-state index contributed by atoms with van der Waals surface area (Å²) in [5.74, 6) is 1.88. The molecule has 2 aliphatic rings. The number of pyridine rings is 1. The molecule has 6 rings (SSSR count). The Kier molecular flexibility index (Phi) is 10.3. The molecule has 1 aliphatic heterocycles. The lowest BCUT2D eigenvalue weighted by Gasteiger charge is -2.38. The van der Waals surface area contributed by atoms with Gasteiger partial charge in [0.05, 0.1) is 25.5 Å². The zero-order chi connectivity index (χ0) is 35.4. The molecule has 1 fully saturated rings. The van der Waals surface area contributed by atoms with Gasteiger partial charge in [0.1, 0.15) is 29.5 Å². The third kappa shape index (κ3) is 7.54. The second-order valence-corrected chi connectivity index (χ2v) is 12.8. The molecule has 3 heterocycles. The summed E-state index contributed by atoms with van der Waals surface area (Å²) < 4.78 is 54.7. The summed E-state index contributed by atoms with van der Waals surface area (Å²) in [6.07, 6.45) is -0.969. The SMILES string of the molecule is C=CC(=O)N1CCN(c2ncnc3c2CC(C)C(c2nc(N(Cc4ccc(OC)cc4)Cc4ccc(OC)cc4)ccc2C(F)(F)F)C3)CC1. The maximum atomic E-state index is 14.7. The predicted molar refractivity (Wildman–Crippen MR) is 185 cm³/mol. The van der Waals surface area contributed by atoms with Gasteiger partial charge in [0.15, 0.2) is 0 Å². The number of amides is 1. The molecule has 2 atom stereocenters. The van der Waals surface area contributed by atoms with Crippen LogP contribution in [0.15, 0.2) is 79.6 Å². The number of hydrogen-bond acceptors (Lipinski definition) is 8. The van der Waals surface area contributed by atoms with Gasteiger partial charge in [-0.15, -0.1) is 0 Å². The van der Waals surface area contributed by atoms with Gasteiger partial charge < -0.3 is 24.2 Å². The summed E-state index contributed by atoms with van der Waals surface area (Å²) in [7, 11) is 3.20. The molecule has 0 bridgehead atoms. The Morgan fingerprint density at radius 1 is 0.900 bits per heavy atom. The van der Waals surface area contributed by atoms with Crippen LogP contribution in [0.3, 0.4) is 0 Å². The van der Waals surface area contributed by atoms with E-state index in [0.717, 1.165) is 28.2 Å². The molecule has 1 amide bonds. The molecule has 2 aromatic heterocycles. The van der Waals surface area contributed by atoms with E-state index in [-0.39, 0.29) is 17.5 Å². The third-order valence-electron chi connectivity index (χ3n) is 9.66. The second kappa shape index (κ2) is 14.8. The Hall–Kier alpha value is -5.13. The molecule has 2 unspecified atom stereocenters. The highest BCUT2D eigenvalue weighted by Gasteiger charge is 2.40. The van der Waals surface area contributed by atoms with Crippen molar-refractivity contribution in [3.63, 3.8) is 0 Å². The van der Waals surface area contributed by atoms with Gasteiger partial charge in [0.2, 0.25) is 5.91 Å². The number of nitrogens with zero attached hydrogens (tertiary/aromatic N) is 6. The average molecular weight is 687 g/mol. The fourth-order valence-corrected chi connectivity index (χ4v) is 6.89. The van der Waals surface area contributed by atoms with Crippen molar-refractivity contribution in [3.8, 4) is 11.5 Å². The number of alkyl halides is 3. The molecule has 4 aromatic rings. The van der Waals surface area contributed by atoms with Crippen LogP contribution in [0.5, 0.6) is 11.5 Å². The Morgan fingerprint density at radius 3 is 2.04 bits per heavy atom. The van der Waals surface area contributed by atoms with Crippen molar-refractivity contribution < 1.29 is 27.4 Å². The average Bonchev–Trinajstić information content (AvgIpc) is 3.13. The molecule has 0 radical (unpaired) electrons. The van der Waals surface area contributed by atoms with Crippen molar-refractivity contribution in [2.24, 2.45) is 5.92 Å². The van der Waals surface area contributed by atoms with Crippen molar-refractivity contribution in [1.82, 2.24) is 19.9 Å². The van der Waals surface area contributed by atoms with Gasteiger partial charge in [-0.3, -0.25) is 4.79 Å². The predicted octanol–water partition coefficient (Wildman–Crippen LogP) is 6.47. The Labute approximate surface area is 290 Å². The van der Waals surface area contributed by atoms with E-state index in [2.05, 4.69) is 21.4 Å². The van der Waals surface area contributed by atoms with Gasteiger partial charge in [-0.25, -0.2) is 15.0 Å². The number of fused-ring (bicyclic) bond motifs is 1. The summed E-state index contributed by atoms with van der Waals surface area (Å²) in [6.45, 7) is 8.67. The molecule has 262 valence electrons. The van der Waals surface area contributed by atoms with E-state index in [9.17, 15) is 18.0 Å². The van der Waals surface area contributed by atoms with Gasteiger partial charge in [-0.05, 0) is 72.4 Å². The van der Waals surface area contributed by atoms with Gasteiger partial charge in [0.25, 0.3) is 0 Å². The quantitative estimate of drug-likeness (QED) is 0.176. The van der Waals surface area contributed by atoms with E-state index in [1.807, 2.05) is 60.4 Å². The van der Waals surface area contributed by atoms with Crippen molar-refractivity contribution in [2.45, 2.75) is 44.9 Å². The van der Waals surface area contributed by atoms with Crippen molar-refractivity contribution in [1.29, 1.82) is 0 Å². The maximum Gasteiger partial charge on any atom is 0.418 e. The van der Waals surface area contributed by atoms with Crippen LogP contribution < -0.4 is 19.3 Å². The fraction of sp³-hybridized carbons (Fsp3) is 0.368. The molecular formula is C38H41F3N6O3. The molecule has 9 nitrogen and oxygen atoms in total. The standard InChI is InChI=1S/C38H41F3N6O3/c1-5-35(48)45-16-18-46(19-17-45)37-31-20-25(2)30(21-33(31)42-24-43-37)36-32(38(39,40)41)14-15-34(44-36)47(22-26-6-10-28(49-3)11-7-26)23-27-8-12-29(50-4)13-9-27/h5-15,24-25,30H,1,16-23H2,2-4H3. The van der Waals surface area contributed by atoms with Crippen molar-refractivity contribution in [3.05, 3.63) is 113 Å². The zero-order valence-electron chi connectivity index (χ0n) is 28.5. The highest BCUT2D eigenvalue weighted by molar-refractivity contribution is 5.87. The lowest BCUT2D eigenvalue weighted by atomic mass is 9.75. The maximum absolute atomic E-state index is 14.7. The van der Waals surface area contributed by atoms with Crippen LogP contribution in [-0.2, 0) is 36.9 Å². The van der Waals surface area contributed by atoms with Crippen LogP contribution in [-0.4, -0.2) is 66.2 Å². The number of carbonyl (C=O) groups excluding carboxylic acids is 1. The van der Waals surface area contributed by atoms with E-state index in [4.69, 9.17) is 14.5 Å². The van der Waals surface area contributed by atoms with Gasteiger partial charge in [-0.2, -0.15) is 13.2 Å². The molecule has 1 saturated heterocycles. The van der Waals surface area contributed by atoms with Crippen LogP contribution in [0.4, 0.5) is 24.8 Å². The summed E-state index contributed by atoms with van der Waals surface area (Å²) in [5.41, 5.74) is 2.90. The minimum absolute atomic E-state index is 0.0272. The Morgan fingerprint density at radius 2 is 1.50 bits per heavy atom. The molecular weight excluding hydrogens is 645 g/mol. The summed E-state index contributed by atoms with van der Waals surface area (Å²) in [5, 5.41) is 0. The van der Waals surface area contributed by atoms with Crippen LogP contribution in [0.2, 0.25) is 0 Å². The fourth-order valence-electron chi connectivity index (χ4n) is 6.89. The summed E-state index contributed by atoms with van der Waals surface area (Å²) in [6, 6.07) is 17.9. The lowest BCUT2D eigenvalue weighted by molar-refractivity contribution is -0.138. The highest BCUT2D eigenvalue weighted by Crippen LogP contribution is 2.44. The molecule has 1 aliphatic carbocycles. The van der Waals surface area contributed by atoms with Gasteiger partial charge in [0, 0.05) is 56.4 Å². The van der Waals surface area contributed by atoms with Gasteiger partial charge >= 0.3 is 6.18 Å². The first-order valence-corrected chi connectivity index (χ1v) is 16.7. The minimum Gasteiger partial charge on any atom is -0.497 e. The molecule has 2 aromatic carbocycles. The number of benzene rings is 2. The van der Waals surface area contributed by atoms with E-state index >= 15 is 0 Å². The Balaban J connectivity index is 1.33. The van der Waals surface area contributed by atoms with E-state index in [1.165, 1.54) is 24.5 Å². The minimum atomic E-state index is -4.59. The normalized spacial score (nSPS) is 17.6. The summed E-state index contributed by atoms with van der Waals surface area (Å²) >= 11 is 0. The van der Waals surface area contributed by atoms with Crippen LogP contribution in [0, 0.1) is 5.92 Å². The van der Waals surface area contributed by atoms with Crippen LogP contribution >= 0.6 is 0 Å². The number of piperazine rings is 1. The topological polar surface area (TPSA) is 83.9 Å². The number of anilines is 2. The highest BCUT2D eigenvalue weighted by atomic mass is 19.4. The monoisotopic (exact) mass is 686 g/mol. The van der Waals surface area contributed by atoms with Crippen molar-refractivity contribution >= 4 is 17.5 Å². The molecule has 12 heteroatoms. The summed E-state index contributed by atoms with van der Waals surface area (Å²) in [4.78, 5) is 32.0. The number of halogens is 3. The number of ether oxygens (including phenoxy) is 2.